The lowest BCUT2D eigenvalue weighted by atomic mass is 10.1. The molecule has 1 aliphatic heterocycles. The number of fused-ring (bicyclic) bond motifs is 1. The normalized spacial score (nSPS) is 16.3. The first-order chi connectivity index (χ1) is 9.77. The van der Waals surface area contributed by atoms with E-state index in [1.807, 2.05) is 0 Å². The molecular formula is C13H15NO6S. The Kier molecular flexibility index (Phi) is 4.02. The fourth-order valence-corrected chi connectivity index (χ4v) is 3.61. The highest BCUT2D eigenvalue weighted by Crippen LogP contribution is 2.28. The fourth-order valence-electron chi connectivity index (χ4n) is 2.19. The van der Waals surface area contributed by atoms with E-state index in [-0.39, 0.29) is 18.7 Å². The van der Waals surface area contributed by atoms with E-state index >= 15 is 0 Å². The highest BCUT2D eigenvalue weighted by atomic mass is 32.2. The number of carbonyl (C=O) groups excluding carboxylic acids is 1. The number of esters is 1. The zero-order valence-corrected chi connectivity index (χ0v) is 12.4. The first-order valence-electron chi connectivity index (χ1n) is 6.19. The highest BCUT2D eigenvalue weighted by molar-refractivity contribution is 7.90. The Morgan fingerprint density at radius 3 is 2.48 bits per heavy atom. The summed E-state index contributed by atoms with van der Waals surface area (Å²) in [5, 5.41) is 7.65. The number of carboxylic acids is 1. The summed E-state index contributed by atoms with van der Waals surface area (Å²) in [5.41, 5.74) is 1.48. The van der Waals surface area contributed by atoms with Crippen molar-refractivity contribution < 1.29 is 27.9 Å². The summed E-state index contributed by atoms with van der Waals surface area (Å²) in [6.45, 7) is 1.45. The van der Waals surface area contributed by atoms with Gasteiger partial charge in [-0.2, -0.15) is 4.31 Å². The molecule has 1 aromatic carbocycles. The van der Waals surface area contributed by atoms with E-state index < -0.39 is 27.2 Å². The number of sulfonamides is 1. The minimum absolute atomic E-state index is 0.0557. The van der Waals surface area contributed by atoms with Crippen LogP contribution in [0.5, 0.6) is 0 Å². The molecule has 0 radical (unpaired) electrons. The van der Waals surface area contributed by atoms with Crippen molar-refractivity contribution in [1.82, 2.24) is 4.31 Å². The number of aromatic carboxylic acids is 1. The van der Waals surface area contributed by atoms with Gasteiger partial charge in [-0.15, -0.1) is 0 Å². The van der Waals surface area contributed by atoms with Gasteiger partial charge in [-0.05, 0) is 30.2 Å². The first-order valence-corrected chi connectivity index (χ1v) is 7.69. The molecule has 0 aliphatic carbocycles. The van der Waals surface area contributed by atoms with Crippen molar-refractivity contribution in [2.75, 3.05) is 7.11 Å². The van der Waals surface area contributed by atoms with Crippen LogP contribution in [0.2, 0.25) is 0 Å². The van der Waals surface area contributed by atoms with Gasteiger partial charge in [0, 0.05) is 13.1 Å². The number of rotatable bonds is 4. The molecule has 7 nitrogen and oxygen atoms in total. The topological polar surface area (TPSA) is 101 Å². The van der Waals surface area contributed by atoms with Gasteiger partial charge < -0.3 is 9.84 Å². The summed E-state index contributed by atoms with van der Waals surface area (Å²) in [4.78, 5) is 22.3. The third kappa shape index (κ3) is 2.77. The van der Waals surface area contributed by atoms with Crippen LogP contribution in [0.25, 0.3) is 0 Å². The molecule has 0 aromatic heterocycles. The van der Waals surface area contributed by atoms with Crippen molar-refractivity contribution in [1.29, 1.82) is 0 Å². The molecule has 0 saturated heterocycles. The van der Waals surface area contributed by atoms with E-state index in [1.165, 1.54) is 19.1 Å². The average molecular weight is 313 g/mol. The molecule has 0 fully saturated rings. The molecule has 114 valence electrons. The van der Waals surface area contributed by atoms with Crippen LogP contribution in [-0.2, 0) is 32.6 Å². The Balaban J connectivity index is 2.27. The van der Waals surface area contributed by atoms with Crippen LogP contribution in [0, 0.1) is 0 Å². The van der Waals surface area contributed by atoms with Gasteiger partial charge in [0.15, 0.2) is 5.25 Å². The van der Waals surface area contributed by atoms with E-state index in [9.17, 15) is 18.0 Å². The second-order valence-electron chi connectivity index (χ2n) is 4.77. The number of hydrogen-bond acceptors (Lipinski definition) is 5. The second-order valence-corrected chi connectivity index (χ2v) is 7.02. The minimum Gasteiger partial charge on any atom is -0.478 e. The van der Waals surface area contributed by atoms with Gasteiger partial charge in [-0.25, -0.2) is 13.2 Å². The molecular weight excluding hydrogens is 298 g/mol. The van der Waals surface area contributed by atoms with Gasteiger partial charge in [0.25, 0.3) is 0 Å². The maximum absolute atomic E-state index is 12.3. The van der Waals surface area contributed by atoms with Crippen molar-refractivity contribution in [2.24, 2.45) is 0 Å². The molecule has 1 aromatic rings. The maximum atomic E-state index is 12.3. The standard InChI is InChI=1S/C13H15NO6S/c1-8(13(17)20-2)21(18,19)14-6-10-4-3-9(12(15)16)5-11(10)7-14/h3-5,8H,6-7H2,1-2H3,(H,15,16). The minimum atomic E-state index is -3.84. The Morgan fingerprint density at radius 2 is 1.90 bits per heavy atom. The zero-order valence-electron chi connectivity index (χ0n) is 11.6. The molecule has 1 aliphatic rings. The van der Waals surface area contributed by atoms with Crippen molar-refractivity contribution in [3.05, 3.63) is 34.9 Å². The van der Waals surface area contributed by atoms with Crippen molar-refractivity contribution in [2.45, 2.75) is 25.3 Å². The predicted molar refractivity (Wildman–Crippen MR) is 73.0 cm³/mol. The van der Waals surface area contributed by atoms with Crippen molar-refractivity contribution >= 4 is 22.0 Å². The van der Waals surface area contributed by atoms with Gasteiger partial charge >= 0.3 is 11.9 Å². The SMILES string of the molecule is COC(=O)C(C)S(=O)(=O)N1Cc2ccc(C(=O)O)cc2C1. The highest BCUT2D eigenvalue weighted by Gasteiger charge is 2.37. The van der Waals surface area contributed by atoms with Gasteiger partial charge in [0.05, 0.1) is 12.7 Å². The lowest BCUT2D eigenvalue weighted by Gasteiger charge is -2.19. The van der Waals surface area contributed by atoms with Gasteiger partial charge in [-0.1, -0.05) is 6.07 Å². The summed E-state index contributed by atoms with van der Waals surface area (Å²) < 4.78 is 30.3. The monoisotopic (exact) mass is 313 g/mol. The molecule has 1 atom stereocenters. The van der Waals surface area contributed by atoms with E-state index in [1.54, 1.807) is 6.07 Å². The zero-order chi connectivity index (χ0) is 15.8. The van der Waals surface area contributed by atoms with Gasteiger partial charge in [0.1, 0.15) is 0 Å². The Labute approximate surface area is 122 Å². The van der Waals surface area contributed by atoms with E-state index in [0.717, 1.165) is 17.0 Å². The van der Waals surface area contributed by atoms with Gasteiger partial charge in [0.2, 0.25) is 10.0 Å². The van der Waals surface area contributed by atoms with E-state index in [2.05, 4.69) is 4.74 Å². The first kappa shape index (κ1) is 15.5. The second kappa shape index (κ2) is 5.45. The predicted octanol–water partition coefficient (Wildman–Crippen LogP) is 0.592. The van der Waals surface area contributed by atoms with Crippen LogP contribution in [0.15, 0.2) is 18.2 Å². The molecule has 0 spiro atoms. The Morgan fingerprint density at radius 1 is 1.29 bits per heavy atom. The number of ether oxygens (including phenoxy) is 1. The molecule has 0 saturated carbocycles. The number of hydrogen-bond donors (Lipinski definition) is 1. The largest absolute Gasteiger partial charge is 0.478 e. The summed E-state index contributed by atoms with van der Waals surface area (Å²) >= 11 is 0. The fraction of sp³-hybridized carbons (Fsp3) is 0.385. The smallest absolute Gasteiger partial charge is 0.335 e. The summed E-state index contributed by atoms with van der Waals surface area (Å²) in [7, 11) is -2.71. The number of carbonyl (C=O) groups is 2. The van der Waals surface area contributed by atoms with Crippen LogP contribution in [0.4, 0.5) is 0 Å². The molecule has 1 heterocycles. The Bertz CT molecular complexity index is 697. The molecule has 0 amide bonds. The summed E-state index contributed by atoms with van der Waals surface area (Å²) in [5.74, 6) is -1.89. The van der Waals surface area contributed by atoms with Gasteiger partial charge in [-0.3, -0.25) is 4.79 Å². The number of nitrogens with zero attached hydrogens (tertiary/aromatic N) is 1. The molecule has 2 rings (SSSR count). The number of benzene rings is 1. The third-order valence-corrected chi connectivity index (χ3v) is 5.55. The van der Waals surface area contributed by atoms with Crippen LogP contribution >= 0.6 is 0 Å². The molecule has 0 bridgehead atoms. The van der Waals surface area contributed by atoms with Crippen molar-refractivity contribution in [3.8, 4) is 0 Å². The van der Waals surface area contributed by atoms with Crippen LogP contribution in [0.3, 0.4) is 0 Å². The average Bonchev–Trinajstić information content (AvgIpc) is 2.89. The molecule has 21 heavy (non-hydrogen) atoms. The molecule has 1 N–H and O–H groups in total. The molecule has 8 heteroatoms. The Hall–Kier alpha value is -1.93. The van der Waals surface area contributed by atoms with Crippen LogP contribution in [-0.4, -0.2) is 42.1 Å². The van der Waals surface area contributed by atoms with Crippen LogP contribution < -0.4 is 0 Å². The summed E-state index contributed by atoms with van der Waals surface area (Å²) in [6, 6.07) is 4.48. The number of methoxy groups -OCH3 is 1. The van der Waals surface area contributed by atoms with E-state index in [4.69, 9.17) is 5.11 Å². The van der Waals surface area contributed by atoms with Crippen LogP contribution in [0.1, 0.15) is 28.4 Å². The summed E-state index contributed by atoms with van der Waals surface area (Å²) in [6.07, 6.45) is 0. The number of carboxylic acid groups (broad SMARTS) is 1. The lowest BCUT2D eigenvalue weighted by Crippen LogP contribution is -2.38. The third-order valence-electron chi connectivity index (χ3n) is 3.49. The lowest BCUT2D eigenvalue weighted by molar-refractivity contribution is -0.139. The maximum Gasteiger partial charge on any atom is 0.335 e. The van der Waals surface area contributed by atoms with E-state index in [0.29, 0.717) is 5.56 Å². The molecule has 1 unspecified atom stereocenters. The quantitative estimate of drug-likeness (QED) is 0.817. The van der Waals surface area contributed by atoms with Crippen molar-refractivity contribution in [3.63, 3.8) is 0 Å².